The lowest BCUT2D eigenvalue weighted by atomic mass is 9.94. The summed E-state index contributed by atoms with van der Waals surface area (Å²) < 4.78 is 19.1. The van der Waals surface area contributed by atoms with Crippen LogP contribution in [0.4, 0.5) is 4.39 Å². The van der Waals surface area contributed by atoms with Crippen LogP contribution in [-0.4, -0.2) is 41.3 Å². The topological polar surface area (TPSA) is 32.7 Å². The van der Waals surface area contributed by atoms with Crippen LogP contribution < -0.4 is 4.74 Å². The van der Waals surface area contributed by atoms with Gasteiger partial charge in [0, 0.05) is 25.2 Å². The number of likely N-dealkylation sites (tertiary alicyclic amines) is 1. The Hall–Kier alpha value is -1.13. The molecule has 1 saturated heterocycles. The lowest BCUT2D eigenvalue weighted by Crippen LogP contribution is -2.37. The molecule has 0 spiro atoms. The summed E-state index contributed by atoms with van der Waals surface area (Å²) in [7, 11) is 0. The molecule has 0 unspecified atom stereocenters. The number of aliphatic hydroxyl groups excluding tert-OH is 1. The summed E-state index contributed by atoms with van der Waals surface area (Å²) in [4.78, 5) is 2.53. The minimum Gasteiger partial charge on any atom is -0.488 e. The highest BCUT2D eigenvalue weighted by Gasteiger charge is 2.30. The summed E-state index contributed by atoms with van der Waals surface area (Å²) in [6, 6.07) is 6.85. The second-order valence-electron chi connectivity index (χ2n) is 6.59. The lowest BCUT2D eigenvalue weighted by Gasteiger charge is -2.33. The molecule has 0 radical (unpaired) electrons. The van der Waals surface area contributed by atoms with Crippen LogP contribution >= 0.6 is 0 Å². The van der Waals surface area contributed by atoms with Gasteiger partial charge in [-0.15, -0.1) is 0 Å². The van der Waals surface area contributed by atoms with Crippen LogP contribution in [0.1, 0.15) is 44.9 Å². The summed E-state index contributed by atoms with van der Waals surface area (Å²) in [5.74, 6) is 0.208. The van der Waals surface area contributed by atoms with Crippen molar-refractivity contribution < 1.29 is 14.2 Å². The standard InChI is InChI=1S/C18H26FNO2/c19-14-5-4-8-16(13-14)22-18-10-12-20(11-9-17(18)21)15-6-2-1-3-7-15/h4-5,8,13,15,17-18,21H,1-3,6-7,9-12H2/t17-,18-/m0/s1. The van der Waals surface area contributed by atoms with E-state index in [1.165, 1.54) is 44.2 Å². The molecule has 1 saturated carbocycles. The number of halogens is 1. The number of benzene rings is 1. The Morgan fingerprint density at radius 1 is 1.05 bits per heavy atom. The molecule has 1 heterocycles. The van der Waals surface area contributed by atoms with Crippen LogP contribution in [0.15, 0.2) is 24.3 Å². The van der Waals surface area contributed by atoms with Gasteiger partial charge in [0.15, 0.2) is 0 Å². The molecule has 0 aromatic heterocycles. The van der Waals surface area contributed by atoms with E-state index in [1.807, 2.05) is 0 Å². The molecule has 0 amide bonds. The summed E-state index contributed by atoms with van der Waals surface area (Å²) >= 11 is 0. The molecule has 2 atom stereocenters. The van der Waals surface area contributed by atoms with E-state index in [0.717, 1.165) is 25.9 Å². The maximum absolute atomic E-state index is 13.3. The molecular weight excluding hydrogens is 281 g/mol. The average molecular weight is 307 g/mol. The Labute approximate surface area is 132 Å². The van der Waals surface area contributed by atoms with E-state index in [0.29, 0.717) is 11.8 Å². The van der Waals surface area contributed by atoms with Gasteiger partial charge in [0.2, 0.25) is 0 Å². The fraction of sp³-hybridized carbons (Fsp3) is 0.667. The number of aliphatic hydroxyl groups is 1. The van der Waals surface area contributed by atoms with Crippen molar-refractivity contribution in [1.29, 1.82) is 0 Å². The predicted octanol–water partition coefficient (Wildman–Crippen LogP) is 3.36. The van der Waals surface area contributed by atoms with E-state index < -0.39 is 6.10 Å². The molecule has 1 N–H and O–H groups in total. The fourth-order valence-corrected chi connectivity index (χ4v) is 3.75. The van der Waals surface area contributed by atoms with E-state index in [4.69, 9.17) is 4.74 Å². The number of rotatable bonds is 3. The Balaban J connectivity index is 1.59. The van der Waals surface area contributed by atoms with Crippen molar-refractivity contribution in [3.8, 4) is 5.75 Å². The third-order valence-corrected chi connectivity index (χ3v) is 5.02. The van der Waals surface area contributed by atoms with E-state index in [-0.39, 0.29) is 11.9 Å². The first-order valence-corrected chi connectivity index (χ1v) is 8.57. The van der Waals surface area contributed by atoms with Gasteiger partial charge in [0.1, 0.15) is 17.7 Å². The second-order valence-corrected chi connectivity index (χ2v) is 6.59. The largest absolute Gasteiger partial charge is 0.488 e. The highest BCUT2D eigenvalue weighted by atomic mass is 19.1. The monoisotopic (exact) mass is 307 g/mol. The minimum atomic E-state index is -0.475. The molecule has 0 bridgehead atoms. The molecular formula is C18H26FNO2. The van der Waals surface area contributed by atoms with Crippen LogP contribution in [0.25, 0.3) is 0 Å². The Morgan fingerprint density at radius 2 is 1.82 bits per heavy atom. The van der Waals surface area contributed by atoms with Crippen molar-refractivity contribution in [2.75, 3.05) is 13.1 Å². The summed E-state index contributed by atoms with van der Waals surface area (Å²) in [6.45, 7) is 1.90. The van der Waals surface area contributed by atoms with Gasteiger partial charge in [0.25, 0.3) is 0 Å². The third-order valence-electron chi connectivity index (χ3n) is 5.02. The maximum atomic E-state index is 13.3. The zero-order chi connectivity index (χ0) is 15.4. The molecule has 3 rings (SSSR count). The van der Waals surface area contributed by atoms with Gasteiger partial charge in [-0.2, -0.15) is 0 Å². The molecule has 1 aliphatic heterocycles. The molecule has 1 aromatic rings. The van der Waals surface area contributed by atoms with Crippen LogP contribution in [-0.2, 0) is 0 Å². The zero-order valence-corrected chi connectivity index (χ0v) is 13.1. The van der Waals surface area contributed by atoms with Crippen LogP contribution in [0, 0.1) is 5.82 Å². The van der Waals surface area contributed by atoms with Crippen molar-refractivity contribution >= 4 is 0 Å². The Bertz CT molecular complexity index is 476. The highest BCUT2D eigenvalue weighted by molar-refractivity contribution is 5.22. The van der Waals surface area contributed by atoms with Crippen molar-refractivity contribution in [2.45, 2.75) is 63.2 Å². The average Bonchev–Trinajstić information content (AvgIpc) is 2.71. The molecule has 122 valence electrons. The second kappa shape index (κ2) is 7.42. The smallest absolute Gasteiger partial charge is 0.126 e. The van der Waals surface area contributed by atoms with E-state index >= 15 is 0 Å². The summed E-state index contributed by atoms with van der Waals surface area (Å²) in [6.07, 6.45) is 7.40. The first-order valence-electron chi connectivity index (χ1n) is 8.57. The first kappa shape index (κ1) is 15.8. The molecule has 2 fully saturated rings. The number of ether oxygens (including phenoxy) is 1. The van der Waals surface area contributed by atoms with Crippen molar-refractivity contribution in [3.05, 3.63) is 30.1 Å². The fourth-order valence-electron chi connectivity index (χ4n) is 3.75. The lowest BCUT2D eigenvalue weighted by molar-refractivity contribution is 0.0348. The normalized spacial score (nSPS) is 28.3. The molecule has 22 heavy (non-hydrogen) atoms. The first-order chi connectivity index (χ1) is 10.7. The van der Waals surface area contributed by atoms with Gasteiger partial charge in [0.05, 0.1) is 6.10 Å². The van der Waals surface area contributed by atoms with Crippen molar-refractivity contribution in [1.82, 2.24) is 4.90 Å². The molecule has 1 aliphatic carbocycles. The maximum Gasteiger partial charge on any atom is 0.126 e. The SMILES string of the molecule is O[C@H]1CCN(C2CCCCC2)CC[C@@H]1Oc1cccc(F)c1. The van der Waals surface area contributed by atoms with Crippen LogP contribution in [0.3, 0.4) is 0 Å². The molecule has 4 heteroatoms. The van der Waals surface area contributed by atoms with E-state index in [1.54, 1.807) is 12.1 Å². The van der Waals surface area contributed by atoms with Gasteiger partial charge >= 0.3 is 0 Å². The minimum absolute atomic E-state index is 0.240. The van der Waals surface area contributed by atoms with Gasteiger partial charge in [-0.05, 0) is 37.8 Å². The summed E-state index contributed by atoms with van der Waals surface area (Å²) in [5, 5.41) is 10.4. The predicted molar refractivity (Wildman–Crippen MR) is 84.5 cm³/mol. The zero-order valence-electron chi connectivity index (χ0n) is 13.1. The Morgan fingerprint density at radius 3 is 2.59 bits per heavy atom. The van der Waals surface area contributed by atoms with E-state index in [2.05, 4.69) is 4.90 Å². The molecule has 3 nitrogen and oxygen atoms in total. The number of hydrogen-bond acceptors (Lipinski definition) is 3. The van der Waals surface area contributed by atoms with Gasteiger partial charge in [-0.1, -0.05) is 25.3 Å². The van der Waals surface area contributed by atoms with Gasteiger partial charge in [-0.25, -0.2) is 4.39 Å². The quantitative estimate of drug-likeness (QED) is 0.929. The number of hydrogen-bond donors (Lipinski definition) is 1. The van der Waals surface area contributed by atoms with Gasteiger partial charge in [-0.3, -0.25) is 0 Å². The van der Waals surface area contributed by atoms with Gasteiger partial charge < -0.3 is 14.7 Å². The molecule has 1 aromatic carbocycles. The van der Waals surface area contributed by atoms with Crippen molar-refractivity contribution in [2.24, 2.45) is 0 Å². The summed E-state index contributed by atoms with van der Waals surface area (Å²) in [5.41, 5.74) is 0. The van der Waals surface area contributed by atoms with Crippen molar-refractivity contribution in [3.63, 3.8) is 0 Å². The Kier molecular flexibility index (Phi) is 5.32. The highest BCUT2D eigenvalue weighted by Crippen LogP contribution is 2.26. The van der Waals surface area contributed by atoms with E-state index in [9.17, 15) is 9.50 Å². The van der Waals surface area contributed by atoms with Crippen LogP contribution in [0.5, 0.6) is 5.75 Å². The molecule has 2 aliphatic rings. The third kappa shape index (κ3) is 3.99. The van der Waals surface area contributed by atoms with Crippen LogP contribution in [0.2, 0.25) is 0 Å². The number of nitrogens with zero attached hydrogens (tertiary/aromatic N) is 1.